The Hall–Kier alpha value is -2.90. The van der Waals surface area contributed by atoms with Crippen LogP contribution in [-0.2, 0) is 0 Å². The van der Waals surface area contributed by atoms with E-state index >= 15 is 0 Å². The van der Waals surface area contributed by atoms with E-state index in [1.54, 1.807) is 0 Å². The molecule has 0 saturated heterocycles. The van der Waals surface area contributed by atoms with Gasteiger partial charge in [-0.2, -0.15) is 5.26 Å². The molecule has 24 heavy (non-hydrogen) atoms. The highest BCUT2D eigenvalue weighted by atomic mass is 16.3. The summed E-state index contributed by atoms with van der Waals surface area (Å²) in [5.41, 5.74) is 5.12. The number of aryl methyl sites for hydroxylation is 1. The van der Waals surface area contributed by atoms with Crippen LogP contribution in [0.5, 0.6) is 0 Å². The zero-order valence-corrected chi connectivity index (χ0v) is 13.6. The molecular weight excluding hydrogens is 298 g/mol. The summed E-state index contributed by atoms with van der Waals surface area (Å²) in [6.45, 7) is 3.96. The third-order valence-electron chi connectivity index (χ3n) is 4.66. The Labute approximate surface area is 139 Å². The zero-order chi connectivity index (χ0) is 16.8. The Morgan fingerprint density at radius 2 is 2.04 bits per heavy atom. The van der Waals surface area contributed by atoms with Crippen molar-refractivity contribution in [3.05, 3.63) is 59.4 Å². The Bertz CT molecular complexity index is 1130. The van der Waals surface area contributed by atoms with Crippen molar-refractivity contribution in [1.82, 2.24) is 9.38 Å². The van der Waals surface area contributed by atoms with Crippen LogP contribution in [0.15, 0.2) is 42.7 Å². The van der Waals surface area contributed by atoms with Gasteiger partial charge >= 0.3 is 0 Å². The van der Waals surface area contributed by atoms with Gasteiger partial charge in [0.25, 0.3) is 0 Å². The third-order valence-corrected chi connectivity index (χ3v) is 4.66. The minimum Gasteiger partial charge on any atom is -0.388 e. The fourth-order valence-electron chi connectivity index (χ4n) is 3.37. The maximum absolute atomic E-state index is 10.3. The highest BCUT2D eigenvalue weighted by Gasteiger charge is 2.16. The SMILES string of the molecule is CCC(O)c1cc2c3nc4ccccc4c(C#N)c3cn2cc1C. The number of aliphatic hydroxyl groups excluding tert-OH is 1. The van der Waals surface area contributed by atoms with Gasteiger partial charge < -0.3 is 9.51 Å². The van der Waals surface area contributed by atoms with Crippen molar-refractivity contribution in [2.45, 2.75) is 26.4 Å². The Morgan fingerprint density at radius 1 is 1.25 bits per heavy atom. The van der Waals surface area contributed by atoms with E-state index in [1.807, 2.05) is 61.0 Å². The lowest BCUT2D eigenvalue weighted by Gasteiger charge is -2.12. The summed E-state index contributed by atoms with van der Waals surface area (Å²) in [6.07, 6.45) is 4.13. The number of fused-ring (bicyclic) bond motifs is 4. The van der Waals surface area contributed by atoms with Crippen molar-refractivity contribution >= 4 is 27.3 Å². The van der Waals surface area contributed by atoms with E-state index in [0.29, 0.717) is 12.0 Å². The molecule has 4 nitrogen and oxygen atoms in total. The molecule has 118 valence electrons. The second-order valence-corrected chi connectivity index (χ2v) is 6.14. The highest BCUT2D eigenvalue weighted by molar-refractivity contribution is 6.06. The molecule has 3 heterocycles. The molecular formula is C20H17N3O. The molecule has 0 aliphatic carbocycles. The minimum absolute atomic E-state index is 0.490. The van der Waals surface area contributed by atoms with Crippen LogP contribution in [-0.4, -0.2) is 14.5 Å². The number of hydrogen-bond acceptors (Lipinski definition) is 3. The first kappa shape index (κ1) is 14.7. The van der Waals surface area contributed by atoms with Gasteiger partial charge in [0.2, 0.25) is 0 Å². The maximum atomic E-state index is 10.3. The number of hydrogen-bond donors (Lipinski definition) is 1. The average molecular weight is 315 g/mol. The molecule has 0 aliphatic rings. The molecule has 0 saturated carbocycles. The van der Waals surface area contributed by atoms with Crippen LogP contribution in [0.4, 0.5) is 0 Å². The van der Waals surface area contributed by atoms with Crippen LogP contribution in [0, 0.1) is 18.3 Å². The molecule has 0 spiro atoms. The van der Waals surface area contributed by atoms with Crippen molar-refractivity contribution in [2.24, 2.45) is 0 Å². The summed E-state index contributed by atoms with van der Waals surface area (Å²) in [4.78, 5) is 4.78. The smallest absolute Gasteiger partial charge is 0.101 e. The number of rotatable bonds is 2. The fraction of sp³-hybridized carbons (Fsp3) is 0.200. The first-order valence-corrected chi connectivity index (χ1v) is 8.06. The van der Waals surface area contributed by atoms with Gasteiger partial charge in [-0.1, -0.05) is 25.1 Å². The average Bonchev–Trinajstić information content (AvgIpc) is 2.95. The monoisotopic (exact) mass is 315 g/mol. The van der Waals surface area contributed by atoms with E-state index in [0.717, 1.165) is 38.4 Å². The lowest BCUT2D eigenvalue weighted by molar-refractivity contribution is 0.173. The standard InChI is InChI=1S/C20H17N3O/c1-3-19(24)14-8-18-20-16(11-23(18)10-12(14)2)15(9-21)13-6-4-5-7-17(13)22-20/h4-8,10-11,19,24H,3H2,1-2H3. The van der Waals surface area contributed by atoms with Crippen molar-refractivity contribution in [3.8, 4) is 6.07 Å². The molecule has 1 atom stereocenters. The first-order chi connectivity index (χ1) is 11.6. The molecule has 1 N–H and O–H groups in total. The summed E-state index contributed by atoms with van der Waals surface area (Å²) >= 11 is 0. The second-order valence-electron chi connectivity index (χ2n) is 6.14. The number of nitrogens with zero attached hydrogens (tertiary/aromatic N) is 3. The summed E-state index contributed by atoms with van der Waals surface area (Å²) in [6, 6.07) is 12.0. The summed E-state index contributed by atoms with van der Waals surface area (Å²) < 4.78 is 2.00. The Balaban J connectivity index is 2.17. The van der Waals surface area contributed by atoms with E-state index in [2.05, 4.69) is 6.07 Å². The quantitative estimate of drug-likeness (QED) is 0.601. The van der Waals surface area contributed by atoms with Crippen LogP contribution >= 0.6 is 0 Å². The molecule has 0 amide bonds. The number of nitriles is 1. The van der Waals surface area contributed by atoms with Gasteiger partial charge in [-0.15, -0.1) is 0 Å². The first-order valence-electron chi connectivity index (χ1n) is 8.06. The molecule has 4 rings (SSSR count). The number of pyridine rings is 2. The molecule has 0 radical (unpaired) electrons. The van der Waals surface area contributed by atoms with Crippen LogP contribution in [0.2, 0.25) is 0 Å². The Morgan fingerprint density at radius 3 is 2.79 bits per heavy atom. The van der Waals surface area contributed by atoms with Crippen molar-refractivity contribution in [3.63, 3.8) is 0 Å². The van der Waals surface area contributed by atoms with Crippen molar-refractivity contribution in [2.75, 3.05) is 0 Å². The number of benzene rings is 1. The van der Waals surface area contributed by atoms with E-state index in [9.17, 15) is 10.4 Å². The lowest BCUT2D eigenvalue weighted by atomic mass is 10.0. The topological polar surface area (TPSA) is 61.3 Å². The number of para-hydroxylation sites is 1. The molecule has 1 aromatic carbocycles. The Kier molecular flexibility index (Phi) is 3.26. The number of aliphatic hydroxyl groups is 1. The van der Waals surface area contributed by atoms with Gasteiger partial charge in [0.15, 0.2) is 0 Å². The lowest BCUT2D eigenvalue weighted by Crippen LogP contribution is -2.00. The summed E-state index contributed by atoms with van der Waals surface area (Å²) in [7, 11) is 0. The summed E-state index contributed by atoms with van der Waals surface area (Å²) in [5, 5.41) is 21.7. The second kappa shape index (κ2) is 5.33. The fourth-order valence-corrected chi connectivity index (χ4v) is 3.37. The number of aromatic nitrogens is 2. The third kappa shape index (κ3) is 1.99. The predicted octanol–water partition coefficient (Wildman–Crippen LogP) is 4.26. The molecule has 0 aliphatic heterocycles. The van der Waals surface area contributed by atoms with Crippen molar-refractivity contribution in [1.29, 1.82) is 5.26 Å². The van der Waals surface area contributed by atoms with Crippen LogP contribution < -0.4 is 0 Å². The highest BCUT2D eigenvalue weighted by Crippen LogP contribution is 2.31. The maximum Gasteiger partial charge on any atom is 0.101 e. The van der Waals surface area contributed by atoms with Crippen molar-refractivity contribution < 1.29 is 5.11 Å². The van der Waals surface area contributed by atoms with Crippen LogP contribution in [0.25, 0.3) is 27.3 Å². The molecule has 3 aromatic heterocycles. The molecule has 0 bridgehead atoms. The molecule has 4 heteroatoms. The largest absolute Gasteiger partial charge is 0.388 e. The van der Waals surface area contributed by atoms with Gasteiger partial charge in [-0.25, -0.2) is 4.98 Å². The zero-order valence-electron chi connectivity index (χ0n) is 13.6. The molecule has 4 aromatic rings. The van der Waals surface area contributed by atoms with E-state index in [-0.39, 0.29) is 0 Å². The van der Waals surface area contributed by atoms with E-state index in [4.69, 9.17) is 4.98 Å². The van der Waals surface area contributed by atoms with Crippen LogP contribution in [0.3, 0.4) is 0 Å². The molecule has 0 fully saturated rings. The van der Waals surface area contributed by atoms with Gasteiger partial charge in [0, 0.05) is 23.2 Å². The predicted molar refractivity (Wildman–Crippen MR) is 94.9 cm³/mol. The normalized spacial score (nSPS) is 12.8. The van der Waals surface area contributed by atoms with Gasteiger partial charge in [-0.05, 0) is 36.6 Å². The van der Waals surface area contributed by atoms with Gasteiger partial charge in [0.1, 0.15) is 6.07 Å². The molecule has 1 unspecified atom stereocenters. The van der Waals surface area contributed by atoms with E-state index < -0.39 is 6.10 Å². The minimum atomic E-state index is -0.490. The summed E-state index contributed by atoms with van der Waals surface area (Å²) in [5.74, 6) is 0. The van der Waals surface area contributed by atoms with E-state index in [1.165, 1.54) is 0 Å². The van der Waals surface area contributed by atoms with Gasteiger partial charge in [-0.3, -0.25) is 0 Å². The van der Waals surface area contributed by atoms with Gasteiger partial charge in [0.05, 0.1) is 28.2 Å². The van der Waals surface area contributed by atoms with Crippen LogP contribution in [0.1, 0.15) is 36.1 Å².